The largest absolute Gasteiger partial charge is 0.501 e. The van der Waals surface area contributed by atoms with Crippen molar-refractivity contribution < 1.29 is 13.9 Å². The first-order valence-corrected chi connectivity index (χ1v) is 3.36. The van der Waals surface area contributed by atoms with Gasteiger partial charge in [-0.05, 0) is 12.2 Å². The van der Waals surface area contributed by atoms with Crippen LogP contribution in [0.2, 0.25) is 0 Å². The molecule has 0 aromatic rings. The molecule has 0 aromatic heterocycles. The third-order valence-corrected chi connectivity index (χ3v) is 1.64. The summed E-state index contributed by atoms with van der Waals surface area (Å²) in [5.74, 6) is -1.09. The molecule has 11 heavy (non-hydrogen) atoms. The third-order valence-electron chi connectivity index (χ3n) is 1.64. The summed E-state index contributed by atoms with van der Waals surface area (Å²) in [4.78, 5) is 0. The van der Waals surface area contributed by atoms with Crippen LogP contribution < -0.4 is 0 Å². The van der Waals surface area contributed by atoms with Crippen LogP contribution in [0.25, 0.3) is 0 Å². The Labute approximate surface area is 65.3 Å². The standard InChI is InChI=1S/C8H11FO2/c1-10-7-4-3-5-8(9,6-7)11-2/h3-5H,6H2,1-2H3. The van der Waals surface area contributed by atoms with Gasteiger partial charge in [0.05, 0.1) is 13.5 Å². The van der Waals surface area contributed by atoms with Crippen molar-refractivity contribution in [2.75, 3.05) is 14.2 Å². The van der Waals surface area contributed by atoms with Crippen LogP contribution in [0, 0.1) is 0 Å². The Bertz CT molecular complexity index is 198. The lowest BCUT2D eigenvalue weighted by Crippen LogP contribution is -2.25. The number of halogens is 1. The molecule has 0 heterocycles. The summed E-state index contributed by atoms with van der Waals surface area (Å²) in [6.45, 7) is 0. The quantitative estimate of drug-likeness (QED) is 0.610. The van der Waals surface area contributed by atoms with E-state index in [0.717, 1.165) is 0 Å². The highest BCUT2D eigenvalue weighted by Crippen LogP contribution is 2.27. The zero-order valence-corrected chi connectivity index (χ0v) is 6.63. The molecule has 0 bridgehead atoms. The Hall–Kier alpha value is -0.830. The van der Waals surface area contributed by atoms with E-state index in [9.17, 15) is 4.39 Å². The fourth-order valence-corrected chi connectivity index (χ4v) is 0.935. The predicted octanol–water partition coefficient (Wildman–Crippen LogP) is 1.79. The number of alkyl halides is 1. The van der Waals surface area contributed by atoms with Gasteiger partial charge in [-0.15, -0.1) is 0 Å². The smallest absolute Gasteiger partial charge is 0.235 e. The van der Waals surface area contributed by atoms with Crippen molar-refractivity contribution in [3.05, 3.63) is 24.0 Å². The van der Waals surface area contributed by atoms with E-state index < -0.39 is 5.85 Å². The van der Waals surface area contributed by atoms with Gasteiger partial charge in [0.2, 0.25) is 5.85 Å². The summed E-state index contributed by atoms with van der Waals surface area (Å²) in [5.41, 5.74) is 0. The van der Waals surface area contributed by atoms with Crippen LogP contribution in [0.5, 0.6) is 0 Å². The molecule has 1 aliphatic carbocycles. The molecular formula is C8H11FO2. The summed E-state index contributed by atoms with van der Waals surface area (Å²) in [6, 6.07) is 0. The second-order valence-corrected chi connectivity index (χ2v) is 2.36. The van der Waals surface area contributed by atoms with Crippen molar-refractivity contribution in [2.45, 2.75) is 12.3 Å². The van der Waals surface area contributed by atoms with Gasteiger partial charge in [0.25, 0.3) is 0 Å². The van der Waals surface area contributed by atoms with Crippen molar-refractivity contribution >= 4 is 0 Å². The minimum Gasteiger partial charge on any atom is -0.501 e. The minimum absolute atomic E-state index is 0.149. The molecule has 0 spiro atoms. The molecule has 0 N–H and O–H groups in total. The average molecular weight is 158 g/mol. The first-order chi connectivity index (χ1) is 5.20. The highest BCUT2D eigenvalue weighted by atomic mass is 19.2. The topological polar surface area (TPSA) is 18.5 Å². The SMILES string of the molecule is COC1=CC=CC(F)(OC)C1. The highest BCUT2D eigenvalue weighted by molar-refractivity contribution is 5.19. The molecule has 2 nitrogen and oxygen atoms in total. The number of methoxy groups -OCH3 is 2. The van der Waals surface area contributed by atoms with E-state index in [1.807, 2.05) is 0 Å². The maximum Gasteiger partial charge on any atom is 0.235 e. The molecule has 3 heteroatoms. The second kappa shape index (κ2) is 3.05. The zero-order chi connectivity index (χ0) is 8.32. The Kier molecular flexibility index (Phi) is 2.29. The normalized spacial score (nSPS) is 29.9. The van der Waals surface area contributed by atoms with Crippen molar-refractivity contribution in [3.63, 3.8) is 0 Å². The predicted molar refractivity (Wildman–Crippen MR) is 39.7 cm³/mol. The summed E-state index contributed by atoms with van der Waals surface area (Å²) < 4.78 is 22.8. The van der Waals surface area contributed by atoms with E-state index in [1.54, 1.807) is 12.2 Å². The van der Waals surface area contributed by atoms with E-state index in [4.69, 9.17) is 4.74 Å². The number of hydrogen-bond acceptors (Lipinski definition) is 2. The van der Waals surface area contributed by atoms with Gasteiger partial charge in [0.1, 0.15) is 5.76 Å². The molecule has 0 saturated carbocycles. The molecule has 1 unspecified atom stereocenters. The minimum atomic E-state index is -1.68. The van der Waals surface area contributed by atoms with Crippen molar-refractivity contribution in [3.8, 4) is 0 Å². The summed E-state index contributed by atoms with van der Waals surface area (Å²) in [7, 11) is 2.85. The molecule has 1 atom stereocenters. The van der Waals surface area contributed by atoms with Crippen LogP contribution in [-0.4, -0.2) is 20.1 Å². The molecule has 0 fully saturated rings. The summed E-state index contributed by atoms with van der Waals surface area (Å²) in [5, 5.41) is 0. The first-order valence-electron chi connectivity index (χ1n) is 3.36. The Morgan fingerprint density at radius 3 is 2.82 bits per heavy atom. The van der Waals surface area contributed by atoms with Gasteiger partial charge in [-0.3, -0.25) is 0 Å². The average Bonchev–Trinajstić information content (AvgIpc) is 2.05. The Morgan fingerprint density at radius 1 is 1.55 bits per heavy atom. The van der Waals surface area contributed by atoms with E-state index >= 15 is 0 Å². The van der Waals surface area contributed by atoms with Crippen molar-refractivity contribution in [2.24, 2.45) is 0 Å². The van der Waals surface area contributed by atoms with Gasteiger partial charge in [-0.25, -0.2) is 4.39 Å². The maximum atomic E-state index is 13.3. The molecular weight excluding hydrogens is 147 g/mol. The lowest BCUT2D eigenvalue weighted by atomic mass is 10.1. The first kappa shape index (κ1) is 8.27. The van der Waals surface area contributed by atoms with E-state index in [1.165, 1.54) is 20.3 Å². The number of rotatable bonds is 2. The third kappa shape index (κ3) is 1.80. The van der Waals surface area contributed by atoms with Crippen LogP contribution in [0.15, 0.2) is 24.0 Å². The lowest BCUT2D eigenvalue weighted by Gasteiger charge is -2.22. The van der Waals surface area contributed by atoms with Gasteiger partial charge < -0.3 is 9.47 Å². The maximum absolute atomic E-state index is 13.3. The monoisotopic (exact) mass is 158 g/mol. The van der Waals surface area contributed by atoms with Crippen LogP contribution in [0.1, 0.15) is 6.42 Å². The second-order valence-electron chi connectivity index (χ2n) is 2.36. The van der Waals surface area contributed by atoms with Crippen molar-refractivity contribution in [1.82, 2.24) is 0 Å². The van der Waals surface area contributed by atoms with Gasteiger partial charge in [-0.2, -0.15) is 0 Å². The molecule has 1 rings (SSSR count). The molecule has 0 amide bonds. The summed E-state index contributed by atoms with van der Waals surface area (Å²) in [6.07, 6.45) is 4.83. The van der Waals surface area contributed by atoms with Gasteiger partial charge in [0, 0.05) is 7.11 Å². The molecule has 0 aliphatic heterocycles. The fourth-order valence-electron chi connectivity index (χ4n) is 0.935. The number of ether oxygens (including phenoxy) is 2. The molecule has 62 valence electrons. The van der Waals surface area contributed by atoms with E-state index in [-0.39, 0.29) is 6.42 Å². The lowest BCUT2D eigenvalue weighted by molar-refractivity contribution is -0.0858. The van der Waals surface area contributed by atoms with Crippen molar-refractivity contribution in [1.29, 1.82) is 0 Å². The molecule has 0 radical (unpaired) electrons. The molecule has 1 aliphatic rings. The number of allylic oxidation sites excluding steroid dienone is 2. The highest BCUT2D eigenvalue weighted by Gasteiger charge is 2.29. The van der Waals surface area contributed by atoms with Gasteiger partial charge in [0.15, 0.2) is 0 Å². The van der Waals surface area contributed by atoms with E-state index in [0.29, 0.717) is 5.76 Å². The van der Waals surface area contributed by atoms with Crippen LogP contribution in [-0.2, 0) is 9.47 Å². The van der Waals surface area contributed by atoms with Crippen LogP contribution in [0.3, 0.4) is 0 Å². The number of hydrogen-bond donors (Lipinski definition) is 0. The van der Waals surface area contributed by atoms with Crippen LogP contribution >= 0.6 is 0 Å². The molecule has 0 saturated heterocycles. The van der Waals surface area contributed by atoms with E-state index in [2.05, 4.69) is 4.74 Å². The summed E-state index contributed by atoms with van der Waals surface area (Å²) >= 11 is 0. The van der Waals surface area contributed by atoms with Gasteiger partial charge in [-0.1, -0.05) is 6.08 Å². The zero-order valence-electron chi connectivity index (χ0n) is 6.63. The molecule has 0 aromatic carbocycles. The van der Waals surface area contributed by atoms with Gasteiger partial charge >= 0.3 is 0 Å². The Balaban J connectivity index is 2.68. The fraction of sp³-hybridized carbons (Fsp3) is 0.500. The Morgan fingerprint density at radius 2 is 2.27 bits per heavy atom. The van der Waals surface area contributed by atoms with Crippen LogP contribution in [0.4, 0.5) is 4.39 Å².